The predicted octanol–water partition coefficient (Wildman–Crippen LogP) is 5.50. The van der Waals surface area contributed by atoms with E-state index in [9.17, 15) is 4.79 Å². The van der Waals surface area contributed by atoms with Crippen LogP contribution >= 0.6 is 45.9 Å². The molecule has 4 rings (SSSR count). The van der Waals surface area contributed by atoms with Gasteiger partial charge in [-0.05, 0) is 18.2 Å². The molecule has 0 aliphatic carbocycles. The Kier molecular flexibility index (Phi) is 3.96. The van der Waals surface area contributed by atoms with Gasteiger partial charge in [0, 0.05) is 17.1 Å². The van der Waals surface area contributed by atoms with Crippen LogP contribution in [-0.2, 0) is 7.05 Å². The molecule has 0 aliphatic rings. The number of benzene rings is 2. The Hall–Kier alpha value is -1.66. The Labute approximate surface area is 155 Å². The number of halogens is 2. The third-order valence-corrected chi connectivity index (χ3v) is 6.77. The Bertz CT molecular complexity index is 1170. The Morgan fingerprint density at radius 3 is 2.54 bits per heavy atom. The van der Waals surface area contributed by atoms with Gasteiger partial charge in [-0.3, -0.25) is 4.79 Å². The summed E-state index contributed by atoms with van der Waals surface area (Å²) >= 11 is 15.4. The van der Waals surface area contributed by atoms with E-state index in [4.69, 9.17) is 23.2 Å². The van der Waals surface area contributed by atoms with E-state index in [1.165, 1.54) is 22.7 Å². The quantitative estimate of drug-likeness (QED) is 0.420. The zero-order valence-electron chi connectivity index (χ0n) is 12.4. The van der Waals surface area contributed by atoms with E-state index in [0.717, 1.165) is 20.3 Å². The number of carbonyl (C=O) groups excluding carboxylic acids is 1. The molecule has 24 heavy (non-hydrogen) atoms. The molecule has 7 heteroatoms. The number of hydrogen-bond donors (Lipinski definition) is 0. The summed E-state index contributed by atoms with van der Waals surface area (Å²) in [6, 6.07) is 13.4. The van der Waals surface area contributed by atoms with Gasteiger partial charge in [0.1, 0.15) is 4.88 Å². The van der Waals surface area contributed by atoms with Crippen molar-refractivity contribution in [1.82, 2.24) is 4.57 Å². The molecule has 2 heterocycles. The van der Waals surface area contributed by atoms with Crippen molar-refractivity contribution >= 4 is 72.1 Å². The summed E-state index contributed by atoms with van der Waals surface area (Å²) in [5.74, 6) is -0.334. The van der Waals surface area contributed by atoms with Crippen molar-refractivity contribution in [3.63, 3.8) is 0 Å². The molecule has 0 unspecified atom stereocenters. The van der Waals surface area contributed by atoms with Crippen LogP contribution in [0.2, 0.25) is 10.0 Å². The molecule has 0 atom stereocenters. The van der Waals surface area contributed by atoms with Crippen LogP contribution in [0.25, 0.3) is 20.3 Å². The summed E-state index contributed by atoms with van der Waals surface area (Å²) in [4.78, 5) is 18.0. The van der Waals surface area contributed by atoms with Gasteiger partial charge in [0.2, 0.25) is 0 Å². The summed E-state index contributed by atoms with van der Waals surface area (Å²) < 4.78 is 3.80. The molecule has 0 saturated carbocycles. The van der Waals surface area contributed by atoms with Crippen LogP contribution in [0.4, 0.5) is 0 Å². The first-order valence-electron chi connectivity index (χ1n) is 7.06. The average Bonchev–Trinajstić information content (AvgIpc) is 3.07. The fourth-order valence-electron chi connectivity index (χ4n) is 2.55. The molecule has 0 spiro atoms. The zero-order chi connectivity index (χ0) is 16.8. The molecule has 120 valence electrons. The number of nitrogens with zero attached hydrogens (tertiary/aromatic N) is 2. The zero-order valence-corrected chi connectivity index (χ0v) is 15.6. The van der Waals surface area contributed by atoms with Crippen molar-refractivity contribution in [2.75, 3.05) is 0 Å². The van der Waals surface area contributed by atoms with Crippen LogP contribution in [0.5, 0.6) is 0 Å². The van der Waals surface area contributed by atoms with Gasteiger partial charge in [0.15, 0.2) is 4.80 Å². The standard InChI is InChI=1S/C17H10Cl2N2OS2/c1-21-14-10(18)6-4-8-12(14)24-17(21)20-16(22)15-13(19)9-5-2-3-7-11(9)23-15/h2-8H,1H3. The Balaban J connectivity index is 1.88. The van der Waals surface area contributed by atoms with E-state index in [1.54, 1.807) is 0 Å². The maximum Gasteiger partial charge on any atom is 0.291 e. The minimum atomic E-state index is -0.334. The lowest BCUT2D eigenvalue weighted by Crippen LogP contribution is -2.13. The van der Waals surface area contributed by atoms with Crippen LogP contribution in [0.3, 0.4) is 0 Å². The number of carbonyl (C=O) groups is 1. The van der Waals surface area contributed by atoms with Gasteiger partial charge in [-0.25, -0.2) is 0 Å². The Morgan fingerprint density at radius 1 is 1.04 bits per heavy atom. The topological polar surface area (TPSA) is 34.4 Å². The van der Waals surface area contributed by atoms with Gasteiger partial charge in [-0.15, -0.1) is 11.3 Å². The van der Waals surface area contributed by atoms with E-state index in [0.29, 0.717) is 19.7 Å². The van der Waals surface area contributed by atoms with Crippen molar-refractivity contribution in [1.29, 1.82) is 0 Å². The second kappa shape index (κ2) is 6.01. The molecule has 2 aromatic heterocycles. The lowest BCUT2D eigenvalue weighted by Gasteiger charge is -1.97. The summed E-state index contributed by atoms with van der Waals surface area (Å²) in [6.45, 7) is 0. The molecule has 0 N–H and O–H groups in total. The summed E-state index contributed by atoms with van der Waals surface area (Å²) in [7, 11) is 1.85. The molecule has 0 aliphatic heterocycles. The molecule has 1 amide bonds. The normalized spacial score (nSPS) is 12.4. The molecular weight excluding hydrogens is 383 g/mol. The first-order valence-corrected chi connectivity index (χ1v) is 9.45. The number of amides is 1. The second-order valence-corrected chi connectivity index (χ2v) is 8.03. The van der Waals surface area contributed by atoms with Crippen molar-refractivity contribution in [3.05, 3.63) is 62.2 Å². The third kappa shape index (κ3) is 2.48. The minimum Gasteiger partial charge on any atom is -0.318 e. The molecule has 2 aromatic carbocycles. The number of thiazole rings is 1. The number of rotatable bonds is 1. The maximum absolute atomic E-state index is 12.6. The van der Waals surface area contributed by atoms with Crippen LogP contribution in [-0.4, -0.2) is 10.5 Å². The SMILES string of the molecule is Cn1c(=NC(=O)c2sc3ccccc3c2Cl)sc2cccc(Cl)c21. The lowest BCUT2D eigenvalue weighted by molar-refractivity contribution is 0.100. The van der Waals surface area contributed by atoms with Crippen LogP contribution in [0.15, 0.2) is 47.5 Å². The van der Waals surface area contributed by atoms with Gasteiger partial charge in [0.25, 0.3) is 5.91 Å². The Morgan fingerprint density at radius 2 is 1.79 bits per heavy atom. The number of para-hydroxylation sites is 1. The largest absolute Gasteiger partial charge is 0.318 e. The highest BCUT2D eigenvalue weighted by molar-refractivity contribution is 7.21. The molecule has 0 fully saturated rings. The number of aromatic nitrogens is 1. The molecular formula is C17H10Cl2N2OS2. The van der Waals surface area contributed by atoms with Gasteiger partial charge in [-0.1, -0.05) is 58.8 Å². The minimum absolute atomic E-state index is 0.334. The van der Waals surface area contributed by atoms with Gasteiger partial charge in [-0.2, -0.15) is 4.99 Å². The molecule has 0 bridgehead atoms. The lowest BCUT2D eigenvalue weighted by atomic mass is 10.2. The highest BCUT2D eigenvalue weighted by Crippen LogP contribution is 2.35. The van der Waals surface area contributed by atoms with E-state index >= 15 is 0 Å². The number of thiophene rings is 1. The monoisotopic (exact) mass is 392 g/mol. The first kappa shape index (κ1) is 15.8. The van der Waals surface area contributed by atoms with Crippen LogP contribution in [0.1, 0.15) is 9.67 Å². The highest BCUT2D eigenvalue weighted by Gasteiger charge is 2.17. The molecule has 3 nitrogen and oxygen atoms in total. The smallest absolute Gasteiger partial charge is 0.291 e. The summed E-state index contributed by atoms with van der Waals surface area (Å²) in [6.07, 6.45) is 0. The summed E-state index contributed by atoms with van der Waals surface area (Å²) in [5, 5.41) is 1.98. The third-order valence-electron chi connectivity index (χ3n) is 3.70. The van der Waals surface area contributed by atoms with E-state index in [-0.39, 0.29) is 5.91 Å². The molecule has 4 aromatic rings. The number of aryl methyl sites for hydroxylation is 1. The second-order valence-electron chi connectivity index (χ2n) is 5.19. The van der Waals surface area contributed by atoms with Crippen molar-refractivity contribution in [3.8, 4) is 0 Å². The summed E-state index contributed by atoms with van der Waals surface area (Å²) in [5.41, 5.74) is 0.873. The van der Waals surface area contributed by atoms with Gasteiger partial charge in [0.05, 0.1) is 20.3 Å². The fourth-order valence-corrected chi connectivity index (χ4v) is 5.35. The van der Waals surface area contributed by atoms with E-state index < -0.39 is 0 Å². The van der Waals surface area contributed by atoms with Crippen molar-refractivity contribution in [2.45, 2.75) is 0 Å². The van der Waals surface area contributed by atoms with Crippen LogP contribution in [0, 0.1) is 0 Å². The van der Waals surface area contributed by atoms with Crippen molar-refractivity contribution in [2.24, 2.45) is 12.0 Å². The maximum atomic E-state index is 12.6. The van der Waals surface area contributed by atoms with E-state index in [2.05, 4.69) is 4.99 Å². The molecule has 0 saturated heterocycles. The van der Waals surface area contributed by atoms with Gasteiger partial charge < -0.3 is 4.57 Å². The number of fused-ring (bicyclic) bond motifs is 2. The average molecular weight is 393 g/mol. The predicted molar refractivity (Wildman–Crippen MR) is 103 cm³/mol. The van der Waals surface area contributed by atoms with E-state index in [1.807, 2.05) is 54.1 Å². The fraction of sp³-hybridized carbons (Fsp3) is 0.0588. The highest BCUT2D eigenvalue weighted by atomic mass is 35.5. The number of hydrogen-bond acceptors (Lipinski definition) is 3. The van der Waals surface area contributed by atoms with Crippen molar-refractivity contribution < 1.29 is 4.79 Å². The first-order chi connectivity index (χ1) is 11.6. The van der Waals surface area contributed by atoms with Gasteiger partial charge >= 0.3 is 0 Å². The molecule has 0 radical (unpaired) electrons. The van der Waals surface area contributed by atoms with Crippen LogP contribution < -0.4 is 4.80 Å².